The summed E-state index contributed by atoms with van der Waals surface area (Å²) in [5, 5.41) is 3.07. The van der Waals surface area contributed by atoms with Gasteiger partial charge in [0, 0.05) is 39.7 Å². The summed E-state index contributed by atoms with van der Waals surface area (Å²) in [6.45, 7) is 6.73. The summed E-state index contributed by atoms with van der Waals surface area (Å²) in [6, 6.07) is 22.8. The standard InChI is InChI=1S/C28H31N3OS/c1-4-24-23-17-20(2)11-13-26(23)33-27-14-12-22(18-25(27)30-24)28(32)29-15-8-16-31(3)19-21-9-6-5-7-10-21/h5-7,9-14,17-18H,4,8,15-16,19H2,1-3H3,(H,29,32). The number of carbonyl (C=O) groups is 1. The molecule has 1 aliphatic heterocycles. The van der Waals surface area contributed by atoms with Crippen LogP contribution in [0.2, 0.25) is 0 Å². The van der Waals surface area contributed by atoms with Crippen molar-refractivity contribution >= 4 is 29.1 Å². The van der Waals surface area contributed by atoms with Crippen LogP contribution in [0.5, 0.6) is 0 Å². The van der Waals surface area contributed by atoms with Crippen molar-refractivity contribution in [2.24, 2.45) is 4.99 Å². The van der Waals surface area contributed by atoms with Crippen LogP contribution in [0, 0.1) is 6.92 Å². The summed E-state index contributed by atoms with van der Waals surface area (Å²) in [7, 11) is 2.11. The molecule has 3 aromatic rings. The Hall–Kier alpha value is -2.89. The van der Waals surface area contributed by atoms with Crippen LogP contribution >= 0.6 is 11.8 Å². The average Bonchev–Trinajstić information content (AvgIpc) is 2.98. The summed E-state index contributed by atoms with van der Waals surface area (Å²) in [5.74, 6) is -0.0423. The minimum Gasteiger partial charge on any atom is -0.352 e. The SMILES string of the molecule is CCC1=Nc2cc(C(=O)NCCCN(C)Cc3ccccc3)ccc2Sc2ccc(C)cc21. The molecule has 1 N–H and O–H groups in total. The van der Waals surface area contributed by atoms with Crippen molar-refractivity contribution in [1.29, 1.82) is 0 Å². The Morgan fingerprint density at radius 2 is 1.82 bits per heavy atom. The lowest BCUT2D eigenvalue weighted by Crippen LogP contribution is -2.28. The molecule has 5 heteroatoms. The summed E-state index contributed by atoms with van der Waals surface area (Å²) >= 11 is 1.73. The Morgan fingerprint density at radius 1 is 1.03 bits per heavy atom. The number of hydrogen-bond acceptors (Lipinski definition) is 4. The van der Waals surface area contributed by atoms with Gasteiger partial charge in [-0.2, -0.15) is 0 Å². The van der Waals surface area contributed by atoms with Crippen LogP contribution in [0.15, 0.2) is 81.5 Å². The molecule has 0 radical (unpaired) electrons. The highest BCUT2D eigenvalue weighted by Crippen LogP contribution is 2.41. The molecule has 0 aromatic heterocycles. The summed E-state index contributed by atoms with van der Waals surface area (Å²) in [5.41, 5.74) is 6.34. The number of nitrogens with zero attached hydrogens (tertiary/aromatic N) is 2. The predicted molar refractivity (Wildman–Crippen MR) is 138 cm³/mol. The van der Waals surface area contributed by atoms with E-state index in [0.717, 1.165) is 42.2 Å². The van der Waals surface area contributed by atoms with E-state index < -0.39 is 0 Å². The second-order valence-electron chi connectivity index (χ2n) is 8.53. The number of aryl methyl sites for hydroxylation is 1. The zero-order valence-corrected chi connectivity index (χ0v) is 20.4. The molecule has 33 heavy (non-hydrogen) atoms. The van der Waals surface area contributed by atoms with Crippen LogP contribution in [0.4, 0.5) is 5.69 Å². The number of nitrogens with one attached hydrogen (secondary N) is 1. The number of rotatable bonds is 8. The Bertz CT molecular complexity index is 1160. The minimum absolute atomic E-state index is 0.0423. The molecule has 0 fully saturated rings. The molecule has 4 nitrogen and oxygen atoms in total. The van der Waals surface area contributed by atoms with Crippen molar-refractivity contribution < 1.29 is 4.79 Å². The quantitative estimate of drug-likeness (QED) is 0.407. The van der Waals surface area contributed by atoms with Gasteiger partial charge in [0.25, 0.3) is 5.91 Å². The van der Waals surface area contributed by atoms with E-state index in [-0.39, 0.29) is 5.91 Å². The third-order valence-corrected chi connectivity index (χ3v) is 6.92. The number of hydrogen-bond donors (Lipinski definition) is 1. The van der Waals surface area contributed by atoms with Crippen LogP contribution in [0.1, 0.15) is 46.8 Å². The van der Waals surface area contributed by atoms with Crippen molar-refractivity contribution in [3.8, 4) is 0 Å². The molecule has 170 valence electrons. The Balaban J connectivity index is 1.37. The van der Waals surface area contributed by atoms with Crippen LogP contribution in [-0.2, 0) is 6.54 Å². The second-order valence-corrected chi connectivity index (χ2v) is 9.61. The molecule has 1 amide bonds. The highest BCUT2D eigenvalue weighted by molar-refractivity contribution is 7.99. The molecular formula is C28H31N3OS. The summed E-state index contributed by atoms with van der Waals surface area (Å²) < 4.78 is 0. The fourth-order valence-electron chi connectivity index (χ4n) is 4.01. The number of amides is 1. The van der Waals surface area contributed by atoms with Crippen LogP contribution in [0.25, 0.3) is 0 Å². The normalized spacial score (nSPS) is 12.5. The first-order chi connectivity index (χ1) is 16.0. The van der Waals surface area contributed by atoms with Gasteiger partial charge in [-0.25, -0.2) is 0 Å². The van der Waals surface area contributed by atoms with E-state index in [1.165, 1.54) is 21.6 Å². The first-order valence-corrected chi connectivity index (χ1v) is 12.4. The predicted octanol–water partition coefficient (Wildman–Crippen LogP) is 6.24. The number of fused-ring (bicyclic) bond motifs is 2. The van der Waals surface area contributed by atoms with E-state index in [1.54, 1.807) is 11.8 Å². The second kappa shape index (κ2) is 10.8. The minimum atomic E-state index is -0.0423. The molecule has 0 saturated heterocycles. The molecule has 4 rings (SSSR count). The van der Waals surface area contributed by atoms with Gasteiger partial charge < -0.3 is 10.2 Å². The first-order valence-electron chi connectivity index (χ1n) is 11.5. The lowest BCUT2D eigenvalue weighted by atomic mass is 10.0. The molecule has 1 heterocycles. The molecule has 3 aromatic carbocycles. The molecule has 0 spiro atoms. The maximum absolute atomic E-state index is 12.8. The maximum atomic E-state index is 12.8. The van der Waals surface area contributed by atoms with Gasteiger partial charge >= 0.3 is 0 Å². The average molecular weight is 458 g/mol. The first kappa shape index (κ1) is 23.3. The molecule has 0 unspecified atom stereocenters. The van der Waals surface area contributed by atoms with E-state index in [2.05, 4.69) is 73.6 Å². The maximum Gasteiger partial charge on any atom is 0.251 e. The van der Waals surface area contributed by atoms with Gasteiger partial charge in [0.1, 0.15) is 0 Å². The van der Waals surface area contributed by atoms with Crippen molar-refractivity contribution in [2.45, 2.75) is 43.0 Å². The highest BCUT2D eigenvalue weighted by atomic mass is 32.2. The molecule has 0 aliphatic carbocycles. The van der Waals surface area contributed by atoms with E-state index >= 15 is 0 Å². The van der Waals surface area contributed by atoms with E-state index in [9.17, 15) is 4.79 Å². The lowest BCUT2D eigenvalue weighted by Gasteiger charge is -2.16. The number of carbonyl (C=O) groups excluding carboxylic acids is 1. The Morgan fingerprint density at radius 3 is 2.61 bits per heavy atom. The van der Waals surface area contributed by atoms with Crippen LogP contribution < -0.4 is 5.32 Å². The molecular weight excluding hydrogens is 426 g/mol. The highest BCUT2D eigenvalue weighted by Gasteiger charge is 2.18. The zero-order chi connectivity index (χ0) is 23.2. The zero-order valence-electron chi connectivity index (χ0n) is 19.6. The topological polar surface area (TPSA) is 44.7 Å². The summed E-state index contributed by atoms with van der Waals surface area (Å²) in [4.78, 5) is 22.3. The lowest BCUT2D eigenvalue weighted by molar-refractivity contribution is 0.0952. The van der Waals surface area contributed by atoms with Gasteiger partial charge in [-0.3, -0.25) is 9.79 Å². The van der Waals surface area contributed by atoms with E-state index in [0.29, 0.717) is 12.1 Å². The van der Waals surface area contributed by atoms with Crippen molar-refractivity contribution in [3.63, 3.8) is 0 Å². The monoisotopic (exact) mass is 457 g/mol. The van der Waals surface area contributed by atoms with Gasteiger partial charge in [0.15, 0.2) is 0 Å². The van der Waals surface area contributed by atoms with Crippen molar-refractivity contribution in [1.82, 2.24) is 10.2 Å². The van der Waals surface area contributed by atoms with Gasteiger partial charge in [0.2, 0.25) is 0 Å². The van der Waals surface area contributed by atoms with Crippen LogP contribution in [0.3, 0.4) is 0 Å². The number of benzene rings is 3. The van der Waals surface area contributed by atoms with Gasteiger partial charge in [-0.05, 0) is 69.3 Å². The van der Waals surface area contributed by atoms with Crippen LogP contribution in [-0.4, -0.2) is 36.7 Å². The van der Waals surface area contributed by atoms with Crippen molar-refractivity contribution in [3.05, 3.63) is 89.0 Å². The van der Waals surface area contributed by atoms with E-state index in [1.807, 2.05) is 24.3 Å². The van der Waals surface area contributed by atoms with Gasteiger partial charge in [-0.1, -0.05) is 60.6 Å². The van der Waals surface area contributed by atoms with Crippen molar-refractivity contribution in [2.75, 3.05) is 20.1 Å². The smallest absolute Gasteiger partial charge is 0.251 e. The fourth-order valence-corrected chi connectivity index (χ4v) is 5.02. The Kier molecular flexibility index (Phi) is 7.63. The summed E-state index contributed by atoms with van der Waals surface area (Å²) in [6.07, 6.45) is 1.76. The van der Waals surface area contributed by atoms with E-state index in [4.69, 9.17) is 4.99 Å². The molecule has 0 bridgehead atoms. The Labute approximate surface area is 201 Å². The third-order valence-electron chi connectivity index (χ3n) is 5.77. The van der Waals surface area contributed by atoms with Gasteiger partial charge in [0.05, 0.1) is 5.69 Å². The van der Waals surface area contributed by atoms with Gasteiger partial charge in [-0.15, -0.1) is 0 Å². The largest absolute Gasteiger partial charge is 0.352 e. The third kappa shape index (κ3) is 5.92. The molecule has 0 atom stereocenters. The number of aliphatic imine (C=N–C) groups is 1. The molecule has 0 saturated carbocycles. The fraction of sp³-hybridized carbons (Fsp3) is 0.286. The molecule has 1 aliphatic rings.